The van der Waals surface area contributed by atoms with E-state index in [4.69, 9.17) is 5.53 Å². The lowest BCUT2D eigenvalue weighted by Gasteiger charge is -1.85. The number of hydrogen-bond donors (Lipinski definition) is 0. The summed E-state index contributed by atoms with van der Waals surface area (Å²) in [6.45, 7) is 0. The number of ketones is 1. The largest absolute Gasteiger partial charge is 0.361 e. The molecule has 0 aliphatic rings. The van der Waals surface area contributed by atoms with Gasteiger partial charge in [-0.2, -0.15) is 4.79 Å². The van der Waals surface area contributed by atoms with Crippen LogP contribution < -0.4 is 0 Å². The quantitative estimate of drug-likeness (QED) is 0.255. The summed E-state index contributed by atoms with van der Waals surface area (Å²) in [6.07, 6.45) is 4.79. The number of carbonyl (C=O) groups excluding carboxylic acids is 1. The zero-order valence-corrected chi connectivity index (χ0v) is 5.51. The molecule has 0 fully saturated rings. The van der Waals surface area contributed by atoms with Gasteiger partial charge in [-0.15, -0.1) is 0 Å². The van der Waals surface area contributed by atoms with Crippen molar-refractivity contribution in [3.63, 3.8) is 0 Å². The Morgan fingerprint density at radius 3 is 2.73 bits per heavy atom. The predicted octanol–water partition coefficient (Wildman–Crippen LogP) is -0.0401. The Morgan fingerprint density at radius 2 is 2.18 bits per heavy atom. The van der Waals surface area contributed by atoms with Crippen molar-refractivity contribution in [3.8, 4) is 0 Å². The standard InChI is InChI=1S/C6H4N4O/c7-10-3-6(11)5-1-8-4-9-2-5/h1-4H. The molecule has 1 heterocycles. The molecule has 0 atom stereocenters. The van der Waals surface area contributed by atoms with Crippen LogP contribution in [0.5, 0.6) is 0 Å². The van der Waals surface area contributed by atoms with Gasteiger partial charge >= 0.3 is 6.21 Å². The van der Waals surface area contributed by atoms with E-state index in [9.17, 15) is 4.79 Å². The minimum absolute atomic E-state index is 0.297. The number of aromatic nitrogens is 2. The Labute approximate surface area is 62.3 Å². The van der Waals surface area contributed by atoms with Gasteiger partial charge in [0.1, 0.15) is 6.33 Å². The van der Waals surface area contributed by atoms with E-state index < -0.39 is 5.78 Å². The molecule has 0 unspecified atom stereocenters. The molecule has 0 bridgehead atoms. The highest BCUT2D eigenvalue weighted by Crippen LogP contribution is 1.90. The average molecular weight is 148 g/mol. The third kappa shape index (κ3) is 1.77. The molecular weight excluding hydrogens is 144 g/mol. The first-order valence-electron chi connectivity index (χ1n) is 2.81. The summed E-state index contributed by atoms with van der Waals surface area (Å²) in [7, 11) is 0. The number of nitrogens with zero attached hydrogens (tertiary/aromatic N) is 4. The van der Waals surface area contributed by atoms with Crippen LogP contribution in [0.15, 0.2) is 18.7 Å². The van der Waals surface area contributed by atoms with Crippen LogP contribution in [0.25, 0.3) is 5.53 Å². The third-order valence-electron chi connectivity index (χ3n) is 1.02. The molecule has 5 nitrogen and oxygen atoms in total. The molecule has 0 N–H and O–H groups in total. The number of rotatable bonds is 2. The molecular formula is C6H4N4O. The Hall–Kier alpha value is -1.87. The molecule has 54 valence electrons. The van der Waals surface area contributed by atoms with Crippen LogP contribution in [0.2, 0.25) is 0 Å². The Kier molecular flexibility index (Phi) is 2.20. The van der Waals surface area contributed by atoms with Crippen molar-refractivity contribution in [1.82, 2.24) is 9.97 Å². The fraction of sp³-hybridized carbons (Fsp3) is 0. The maximum absolute atomic E-state index is 10.9. The third-order valence-corrected chi connectivity index (χ3v) is 1.02. The van der Waals surface area contributed by atoms with Crippen molar-refractivity contribution in [2.45, 2.75) is 0 Å². The SMILES string of the molecule is [N-]=[N+]=CC(=O)c1cncnc1. The molecule has 1 rings (SSSR count). The summed E-state index contributed by atoms with van der Waals surface area (Å²) >= 11 is 0. The second kappa shape index (κ2) is 3.34. The molecule has 0 amide bonds. The Bertz CT molecular complexity index is 302. The van der Waals surface area contributed by atoms with Gasteiger partial charge < -0.3 is 5.53 Å². The molecule has 1 aromatic rings. The average Bonchev–Trinajstić information content (AvgIpc) is 2.07. The highest BCUT2D eigenvalue weighted by Gasteiger charge is 2.05. The molecule has 0 aromatic carbocycles. The van der Waals surface area contributed by atoms with Crippen LogP contribution in [0, 0.1) is 0 Å². The highest BCUT2D eigenvalue weighted by molar-refractivity contribution is 6.33. The van der Waals surface area contributed by atoms with Gasteiger partial charge in [-0.1, -0.05) is 0 Å². The van der Waals surface area contributed by atoms with Gasteiger partial charge in [-0.05, 0) is 0 Å². The molecule has 5 heteroatoms. The Morgan fingerprint density at radius 1 is 1.55 bits per heavy atom. The van der Waals surface area contributed by atoms with Crippen LogP contribution in [-0.4, -0.2) is 26.8 Å². The minimum atomic E-state index is -0.423. The fourth-order valence-corrected chi connectivity index (χ4v) is 0.553. The van der Waals surface area contributed by atoms with Crippen LogP contribution >= 0.6 is 0 Å². The first kappa shape index (κ1) is 7.24. The molecule has 0 aliphatic heterocycles. The monoisotopic (exact) mass is 148 g/mol. The maximum atomic E-state index is 10.9. The lowest BCUT2D eigenvalue weighted by Crippen LogP contribution is -2.01. The zero-order valence-electron chi connectivity index (χ0n) is 5.51. The van der Waals surface area contributed by atoms with E-state index in [2.05, 4.69) is 14.8 Å². The van der Waals surface area contributed by atoms with Crippen LogP contribution in [0.3, 0.4) is 0 Å². The fourth-order valence-electron chi connectivity index (χ4n) is 0.553. The van der Waals surface area contributed by atoms with E-state index in [0.717, 1.165) is 6.21 Å². The normalized spacial score (nSPS) is 8.36. The van der Waals surface area contributed by atoms with Crippen molar-refractivity contribution < 1.29 is 9.58 Å². The molecule has 11 heavy (non-hydrogen) atoms. The maximum Gasteiger partial charge on any atom is 0.328 e. The summed E-state index contributed by atoms with van der Waals surface area (Å²) < 4.78 is 0. The van der Waals surface area contributed by atoms with Gasteiger partial charge in [0.25, 0.3) is 5.78 Å². The molecule has 0 aliphatic carbocycles. The van der Waals surface area contributed by atoms with Gasteiger partial charge in [0.2, 0.25) is 0 Å². The second-order valence-corrected chi connectivity index (χ2v) is 1.74. The molecule has 0 radical (unpaired) electrons. The van der Waals surface area contributed by atoms with Crippen molar-refractivity contribution in [3.05, 3.63) is 29.8 Å². The molecule has 0 saturated carbocycles. The van der Waals surface area contributed by atoms with Gasteiger partial charge in [0.05, 0.1) is 5.56 Å². The van der Waals surface area contributed by atoms with Crippen molar-refractivity contribution >= 4 is 12.0 Å². The van der Waals surface area contributed by atoms with Gasteiger partial charge in [-0.3, -0.25) is 4.79 Å². The summed E-state index contributed by atoms with van der Waals surface area (Å²) in [4.78, 5) is 20.7. The molecule has 1 aromatic heterocycles. The lowest BCUT2D eigenvalue weighted by molar-refractivity contribution is 0.00234. The second-order valence-electron chi connectivity index (χ2n) is 1.74. The molecule has 0 saturated heterocycles. The summed E-state index contributed by atoms with van der Waals surface area (Å²) in [5.74, 6) is -0.423. The minimum Gasteiger partial charge on any atom is -0.361 e. The number of Topliss-reactive ketones (excluding diaryl/α,β-unsaturated/α-hetero) is 1. The van der Waals surface area contributed by atoms with Gasteiger partial charge in [-0.25, -0.2) is 9.97 Å². The van der Waals surface area contributed by atoms with E-state index in [0.29, 0.717) is 5.56 Å². The Balaban J connectivity index is 2.94. The smallest absolute Gasteiger partial charge is 0.328 e. The van der Waals surface area contributed by atoms with Crippen molar-refractivity contribution in [2.24, 2.45) is 0 Å². The molecule has 0 spiro atoms. The number of hydrogen-bond acceptors (Lipinski definition) is 3. The lowest BCUT2D eigenvalue weighted by atomic mass is 10.2. The first-order chi connectivity index (χ1) is 5.34. The van der Waals surface area contributed by atoms with E-state index in [1.165, 1.54) is 18.7 Å². The van der Waals surface area contributed by atoms with Crippen molar-refractivity contribution in [2.75, 3.05) is 0 Å². The number of carbonyl (C=O) groups is 1. The van der Waals surface area contributed by atoms with Crippen molar-refractivity contribution in [1.29, 1.82) is 0 Å². The summed E-state index contributed by atoms with van der Waals surface area (Å²) in [6, 6.07) is 0. The topological polar surface area (TPSA) is 79.3 Å². The van der Waals surface area contributed by atoms with E-state index >= 15 is 0 Å². The van der Waals surface area contributed by atoms with Crippen LogP contribution in [0.1, 0.15) is 10.4 Å². The zero-order chi connectivity index (χ0) is 8.10. The first-order valence-corrected chi connectivity index (χ1v) is 2.81. The van der Waals surface area contributed by atoms with E-state index in [-0.39, 0.29) is 0 Å². The van der Waals surface area contributed by atoms with Gasteiger partial charge in [0.15, 0.2) is 0 Å². The van der Waals surface area contributed by atoms with Crippen LogP contribution in [-0.2, 0) is 0 Å². The highest BCUT2D eigenvalue weighted by atomic mass is 16.1. The summed E-state index contributed by atoms with van der Waals surface area (Å²) in [5.41, 5.74) is 8.30. The van der Waals surface area contributed by atoms with E-state index in [1.54, 1.807) is 0 Å². The summed E-state index contributed by atoms with van der Waals surface area (Å²) in [5, 5.41) is 0. The van der Waals surface area contributed by atoms with Gasteiger partial charge in [0, 0.05) is 12.4 Å². The van der Waals surface area contributed by atoms with Crippen LogP contribution in [0.4, 0.5) is 0 Å². The predicted molar refractivity (Wildman–Crippen MR) is 36.0 cm³/mol. The van der Waals surface area contributed by atoms with E-state index in [1.807, 2.05) is 0 Å².